The molecule has 4 heteroatoms. The number of benzene rings is 1. The first kappa shape index (κ1) is 14.2. The first-order chi connectivity index (χ1) is 10.2. The highest BCUT2D eigenvalue weighted by atomic mass is 16.2. The molecule has 1 fully saturated rings. The Morgan fingerprint density at radius 2 is 2.05 bits per heavy atom. The third kappa shape index (κ3) is 2.85. The normalized spacial score (nSPS) is 31.0. The molecule has 1 aliphatic heterocycles. The molecule has 0 aromatic heterocycles. The molecule has 0 radical (unpaired) electrons. The number of fused-ring (bicyclic) bond motifs is 1. The van der Waals surface area contributed by atoms with Gasteiger partial charge >= 0.3 is 0 Å². The molecule has 1 amide bonds. The van der Waals surface area contributed by atoms with Gasteiger partial charge in [0.1, 0.15) is 6.04 Å². The monoisotopic (exact) mass is 287 g/mol. The van der Waals surface area contributed by atoms with Crippen LogP contribution >= 0.6 is 0 Å². The smallest absolute Gasteiger partial charge is 0.244 e. The van der Waals surface area contributed by atoms with Crippen molar-refractivity contribution in [3.05, 3.63) is 24.3 Å². The van der Waals surface area contributed by atoms with Crippen molar-refractivity contribution in [3.63, 3.8) is 0 Å². The minimum Gasteiger partial charge on any atom is -0.381 e. The van der Waals surface area contributed by atoms with Crippen LogP contribution in [0.1, 0.15) is 33.1 Å². The third-order valence-corrected chi connectivity index (χ3v) is 5.15. The number of anilines is 2. The molecule has 21 heavy (non-hydrogen) atoms. The first-order valence-electron chi connectivity index (χ1n) is 8.09. The molecule has 4 unspecified atom stereocenters. The second-order valence-electron chi connectivity index (χ2n) is 6.34. The predicted octanol–water partition coefficient (Wildman–Crippen LogP) is 2.83. The van der Waals surface area contributed by atoms with Crippen molar-refractivity contribution >= 4 is 17.3 Å². The summed E-state index contributed by atoms with van der Waals surface area (Å²) in [7, 11) is 0. The van der Waals surface area contributed by atoms with Crippen molar-refractivity contribution in [2.75, 3.05) is 17.2 Å². The Bertz CT molecular complexity index is 517. The van der Waals surface area contributed by atoms with Crippen LogP contribution in [0.5, 0.6) is 0 Å². The number of hydrogen-bond acceptors (Lipinski definition) is 3. The van der Waals surface area contributed by atoms with Crippen LogP contribution in [0.4, 0.5) is 11.4 Å². The molecule has 1 heterocycles. The van der Waals surface area contributed by atoms with Crippen LogP contribution in [0.3, 0.4) is 0 Å². The van der Waals surface area contributed by atoms with Gasteiger partial charge < -0.3 is 16.0 Å². The molecule has 1 aromatic carbocycles. The SMILES string of the molecule is CCC1CCC(NC(=O)C2CNc3ccccc3N2)C1C. The highest BCUT2D eigenvalue weighted by Crippen LogP contribution is 2.34. The lowest BCUT2D eigenvalue weighted by molar-refractivity contribution is -0.122. The number of para-hydroxylation sites is 2. The fraction of sp³-hybridized carbons (Fsp3) is 0.588. The Balaban J connectivity index is 1.60. The van der Waals surface area contributed by atoms with Crippen LogP contribution < -0.4 is 16.0 Å². The molecule has 0 bridgehead atoms. The Hall–Kier alpha value is -1.71. The van der Waals surface area contributed by atoms with Crippen LogP contribution in [0.25, 0.3) is 0 Å². The molecule has 114 valence electrons. The Morgan fingerprint density at radius 3 is 2.76 bits per heavy atom. The van der Waals surface area contributed by atoms with Crippen molar-refractivity contribution in [1.29, 1.82) is 0 Å². The molecule has 4 nitrogen and oxygen atoms in total. The lowest BCUT2D eigenvalue weighted by atomic mass is 9.93. The van der Waals surface area contributed by atoms with E-state index >= 15 is 0 Å². The summed E-state index contributed by atoms with van der Waals surface area (Å²) in [6.45, 7) is 5.16. The minimum absolute atomic E-state index is 0.116. The summed E-state index contributed by atoms with van der Waals surface area (Å²) in [6, 6.07) is 8.17. The van der Waals surface area contributed by atoms with Gasteiger partial charge in [-0.1, -0.05) is 32.4 Å². The number of amides is 1. The number of rotatable bonds is 3. The van der Waals surface area contributed by atoms with Gasteiger partial charge in [0.05, 0.1) is 11.4 Å². The van der Waals surface area contributed by atoms with Gasteiger partial charge in [0.25, 0.3) is 0 Å². The molecular formula is C17H25N3O. The fourth-order valence-corrected chi connectivity index (χ4v) is 3.68. The predicted molar refractivity (Wildman–Crippen MR) is 86.5 cm³/mol. The van der Waals surface area contributed by atoms with Gasteiger partial charge in [-0.3, -0.25) is 4.79 Å². The van der Waals surface area contributed by atoms with E-state index in [0.29, 0.717) is 18.5 Å². The molecular weight excluding hydrogens is 262 g/mol. The van der Waals surface area contributed by atoms with Crippen LogP contribution in [-0.2, 0) is 4.79 Å². The maximum absolute atomic E-state index is 12.5. The van der Waals surface area contributed by atoms with E-state index in [2.05, 4.69) is 29.8 Å². The molecule has 1 aromatic rings. The second kappa shape index (κ2) is 5.96. The zero-order valence-electron chi connectivity index (χ0n) is 12.9. The standard InChI is InChI=1S/C17H25N3O/c1-3-12-8-9-13(11(12)2)20-17(21)16-10-18-14-6-4-5-7-15(14)19-16/h4-7,11-13,16,18-19H,3,8-10H2,1-2H3,(H,20,21). The largest absolute Gasteiger partial charge is 0.381 e. The van der Waals surface area contributed by atoms with Crippen LogP contribution in [0.15, 0.2) is 24.3 Å². The summed E-state index contributed by atoms with van der Waals surface area (Å²) in [4.78, 5) is 12.5. The lowest BCUT2D eigenvalue weighted by Gasteiger charge is -2.29. The lowest BCUT2D eigenvalue weighted by Crippen LogP contribution is -2.50. The number of carbonyl (C=O) groups excluding carboxylic acids is 1. The molecule has 3 rings (SSSR count). The van der Waals surface area contributed by atoms with E-state index < -0.39 is 0 Å². The summed E-state index contributed by atoms with van der Waals surface area (Å²) >= 11 is 0. The zero-order chi connectivity index (χ0) is 14.8. The zero-order valence-corrected chi connectivity index (χ0v) is 12.9. The quantitative estimate of drug-likeness (QED) is 0.801. The molecule has 1 saturated carbocycles. The highest BCUT2D eigenvalue weighted by molar-refractivity contribution is 5.88. The summed E-state index contributed by atoms with van der Waals surface area (Å²) < 4.78 is 0. The van der Waals surface area contributed by atoms with Gasteiger partial charge in [0.15, 0.2) is 0 Å². The molecule has 0 saturated heterocycles. The molecule has 4 atom stereocenters. The Morgan fingerprint density at radius 1 is 1.29 bits per heavy atom. The van der Waals surface area contributed by atoms with E-state index in [1.165, 1.54) is 12.8 Å². The van der Waals surface area contributed by atoms with Crippen molar-refractivity contribution in [2.45, 2.75) is 45.2 Å². The average Bonchev–Trinajstić information content (AvgIpc) is 2.87. The van der Waals surface area contributed by atoms with Crippen molar-refractivity contribution in [2.24, 2.45) is 11.8 Å². The summed E-state index contributed by atoms with van der Waals surface area (Å²) in [5.41, 5.74) is 2.08. The van der Waals surface area contributed by atoms with E-state index in [1.807, 2.05) is 24.3 Å². The van der Waals surface area contributed by atoms with Gasteiger partial charge in [-0.15, -0.1) is 0 Å². The number of hydrogen-bond donors (Lipinski definition) is 3. The van der Waals surface area contributed by atoms with Gasteiger partial charge in [0.2, 0.25) is 5.91 Å². The molecule has 0 spiro atoms. The van der Waals surface area contributed by atoms with Gasteiger partial charge in [0, 0.05) is 12.6 Å². The number of carbonyl (C=O) groups is 1. The van der Waals surface area contributed by atoms with Crippen LogP contribution in [-0.4, -0.2) is 24.5 Å². The maximum Gasteiger partial charge on any atom is 0.244 e. The van der Waals surface area contributed by atoms with Crippen molar-refractivity contribution in [1.82, 2.24) is 5.32 Å². The molecule has 3 N–H and O–H groups in total. The van der Waals surface area contributed by atoms with Gasteiger partial charge in [-0.25, -0.2) is 0 Å². The van der Waals surface area contributed by atoms with E-state index in [1.54, 1.807) is 0 Å². The van der Waals surface area contributed by atoms with Crippen molar-refractivity contribution in [3.8, 4) is 0 Å². The fourth-order valence-electron chi connectivity index (χ4n) is 3.68. The van der Waals surface area contributed by atoms with Crippen LogP contribution in [0, 0.1) is 11.8 Å². The van der Waals surface area contributed by atoms with Gasteiger partial charge in [-0.05, 0) is 36.8 Å². The minimum atomic E-state index is -0.187. The second-order valence-corrected chi connectivity index (χ2v) is 6.34. The van der Waals surface area contributed by atoms with Crippen LogP contribution in [0.2, 0.25) is 0 Å². The van der Waals surface area contributed by atoms with E-state index in [0.717, 1.165) is 23.7 Å². The highest BCUT2D eigenvalue weighted by Gasteiger charge is 2.34. The molecule has 1 aliphatic carbocycles. The summed E-state index contributed by atoms with van der Waals surface area (Å²) in [5, 5.41) is 9.91. The average molecular weight is 287 g/mol. The third-order valence-electron chi connectivity index (χ3n) is 5.15. The first-order valence-corrected chi connectivity index (χ1v) is 8.09. The molecule has 2 aliphatic rings. The Kier molecular flexibility index (Phi) is 4.04. The van der Waals surface area contributed by atoms with Crippen molar-refractivity contribution < 1.29 is 4.79 Å². The van der Waals surface area contributed by atoms with Gasteiger partial charge in [-0.2, -0.15) is 0 Å². The summed E-state index contributed by atoms with van der Waals surface area (Å²) in [6.07, 6.45) is 3.56. The van der Waals surface area contributed by atoms with E-state index in [-0.39, 0.29) is 11.9 Å². The number of nitrogens with one attached hydrogen (secondary N) is 3. The van der Waals surface area contributed by atoms with E-state index in [4.69, 9.17) is 0 Å². The Labute approximate surface area is 126 Å². The topological polar surface area (TPSA) is 53.2 Å². The summed E-state index contributed by atoms with van der Waals surface area (Å²) in [5.74, 6) is 1.46. The maximum atomic E-state index is 12.5. The van der Waals surface area contributed by atoms with E-state index in [9.17, 15) is 4.79 Å².